The fourth-order valence-electron chi connectivity index (χ4n) is 3.65. The molecule has 208 valence electrons. The maximum Gasteiger partial charge on any atom is 0.358 e. The number of benzene rings is 2. The molecule has 10 nitrogen and oxygen atoms in total. The Morgan fingerprint density at radius 1 is 0.825 bits per heavy atom. The van der Waals surface area contributed by atoms with Crippen LogP contribution in [0.5, 0.6) is 0 Å². The van der Waals surface area contributed by atoms with Gasteiger partial charge in [0.05, 0.1) is 19.7 Å². The van der Waals surface area contributed by atoms with E-state index in [9.17, 15) is 23.2 Å². The Morgan fingerprint density at radius 3 is 1.65 bits per heavy atom. The lowest BCUT2D eigenvalue weighted by molar-refractivity contribution is 0.0518. The number of halogens is 2. The molecule has 12 heteroatoms. The summed E-state index contributed by atoms with van der Waals surface area (Å²) in [5, 5.41) is 15.4. The molecule has 2 aromatic carbocycles. The van der Waals surface area contributed by atoms with E-state index >= 15 is 0 Å². The molecule has 0 bridgehead atoms. The number of hydrogen-bond acceptors (Lipinski definition) is 7. The number of ether oxygens (including phenoxy) is 1. The zero-order valence-corrected chi connectivity index (χ0v) is 22.1. The first-order valence-electron chi connectivity index (χ1n) is 12.2. The predicted molar refractivity (Wildman–Crippen MR) is 142 cm³/mol. The van der Waals surface area contributed by atoms with Crippen LogP contribution < -0.4 is 5.73 Å². The Bertz CT molecular complexity index is 1560. The third-order valence-corrected chi connectivity index (χ3v) is 5.60. The zero-order valence-electron chi connectivity index (χ0n) is 22.1. The number of nitrogens with one attached hydrogen (secondary N) is 1. The first kappa shape index (κ1) is 29.6. The highest BCUT2D eigenvalue weighted by atomic mass is 19.1. The molecule has 0 atom stereocenters. The molecule has 2 aromatic heterocycles. The molecule has 40 heavy (non-hydrogen) atoms. The van der Waals surface area contributed by atoms with Crippen molar-refractivity contribution in [2.75, 3.05) is 6.61 Å². The van der Waals surface area contributed by atoms with E-state index in [1.807, 2.05) is 0 Å². The van der Waals surface area contributed by atoms with Crippen LogP contribution in [0.4, 0.5) is 8.78 Å². The first-order chi connectivity index (χ1) is 19.0. The van der Waals surface area contributed by atoms with Gasteiger partial charge in [-0.3, -0.25) is 24.4 Å². The maximum atomic E-state index is 13.7. The third-order valence-electron chi connectivity index (χ3n) is 5.60. The second kappa shape index (κ2) is 13.2. The third kappa shape index (κ3) is 7.31. The van der Waals surface area contributed by atoms with Crippen molar-refractivity contribution >= 4 is 23.4 Å². The van der Waals surface area contributed by atoms with E-state index in [2.05, 4.69) is 10.2 Å². The Morgan fingerprint density at radius 2 is 1.25 bits per heavy atom. The van der Waals surface area contributed by atoms with Crippen molar-refractivity contribution in [3.8, 4) is 0 Å². The fraction of sp³-hybridized carbons (Fsp3) is 0.214. The molecule has 0 saturated heterocycles. The number of nitrogens with two attached hydrogens (primary N) is 1. The van der Waals surface area contributed by atoms with Crippen molar-refractivity contribution in [1.29, 1.82) is 5.41 Å². The number of nitrogen functional groups attached to an aromatic ring is 1. The lowest BCUT2D eigenvalue weighted by Gasteiger charge is -2.06. The fourth-order valence-corrected chi connectivity index (χ4v) is 3.65. The van der Waals surface area contributed by atoms with Gasteiger partial charge in [-0.2, -0.15) is 10.2 Å². The van der Waals surface area contributed by atoms with Gasteiger partial charge in [0.15, 0.2) is 17.3 Å². The predicted octanol–water partition coefficient (Wildman–Crippen LogP) is 4.01. The van der Waals surface area contributed by atoms with Crippen molar-refractivity contribution in [2.24, 2.45) is 5.73 Å². The highest BCUT2D eigenvalue weighted by Crippen LogP contribution is 2.14. The summed E-state index contributed by atoms with van der Waals surface area (Å²) in [7, 11) is 0. The van der Waals surface area contributed by atoms with Gasteiger partial charge >= 0.3 is 5.97 Å². The molecule has 0 fully saturated rings. The van der Waals surface area contributed by atoms with Crippen LogP contribution in [0.2, 0.25) is 0 Å². The summed E-state index contributed by atoms with van der Waals surface area (Å²) in [4.78, 5) is 34.8. The van der Waals surface area contributed by atoms with Crippen molar-refractivity contribution < 1.29 is 27.9 Å². The maximum absolute atomic E-state index is 13.7. The molecular formula is C28H28F2N6O4. The van der Waals surface area contributed by atoms with Crippen LogP contribution in [0.25, 0.3) is 0 Å². The summed E-state index contributed by atoms with van der Waals surface area (Å²) in [5.41, 5.74) is 6.94. The van der Waals surface area contributed by atoms with Gasteiger partial charge in [0.1, 0.15) is 34.6 Å². The SMILES string of the molecule is CC(=O)c1cc(C(=N)N)nn1Cc1ccccc1F.CCOC(=O)c1cc(C(C)=O)n(Cc2ccccc2F)n1. The number of nitrogens with zero attached hydrogens (tertiary/aromatic N) is 4. The monoisotopic (exact) mass is 550 g/mol. The van der Waals surface area contributed by atoms with Crippen LogP contribution in [0, 0.1) is 17.0 Å². The van der Waals surface area contributed by atoms with Crippen LogP contribution in [-0.4, -0.2) is 49.5 Å². The van der Waals surface area contributed by atoms with Crippen molar-refractivity contribution in [3.05, 3.63) is 106 Å². The van der Waals surface area contributed by atoms with E-state index in [1.165, 1.54) is 47.5 Å². The number of rotatable bonds is 9. The van der Waals surface area contributed by atoms with Gasteiger partial charge in [-0.25, -0.2) is 13.6 Å². The number of aromatic nitrogens is 4. The van der Waals surface area contributed by atoms with E-state index in [1.54, 1.807) is 43.3 Å². The summed E-state index contributed by atoms with van der Waals surface area (Å²) < 4.78 is 34.8. The van der Waals surface area contributed by atoms with Crippen LogP contribution in [-0.2, 0) is 17.8 Å². The second-order valence-electron chi connectivity index (χ2n) is 8.57. The minimum Gasteiger partial charge on any atom is -0.461 e. The van der Waals surface area contributed by atoms with E-state index in [4.69, 9.17) is 15.9 Å². The summed E-state index contributed by atoms with van der Waals surface area (Å²) in [5.74, 6) is -2.05. The topological polar surface area (TPSA) is 146 Å². The lowest BCUT2D eigenvalue weighted by atomic mass is 10.2. The molecule has 0 unspecified atom stereocenters. The van der Waals surface area contributed by atoms with E-state index in [0.717, 1.165) is 0 Å². The highest BCUT2D eigenvalue weighted by Gasteiger charge is 2.19. The Balaban J connectivity index is 0.000000222. The van der Waals surface area contributed by atoms with Crippen LogP contribution in [0.1, 0.15) is 69.1 Å². The largest absolute Gasteiger partial charge is 0.461 e. The first-order valence-corrected chi connectivity index (χ1v) is 12.2. The van der Waals surface area contributed by atoms with E-state index < -0.39 is 5.97 Å². The molecule has 0 amide bonds. The van der Waals surface area contributed by atoms with Gasteiger partial charge in [-0.1, -0.05) is 36.4 Å². The van der Waals surface area contributed by atoms with Crippen LogP contribution >= 0.6 is 0 Å². The number of amidine groups is 1. The van der Waals surface area contributed by atoms with E-state index in [-0.39, 0.29) is 65.8 Å². The summed E-state index contributed by atoms with van der Waals surface area (Å²) in [6.45, 7) is 4.84. The molecule has 0 radical (unpaired) electrons. The molecule has 0 aliphatic heterocycles. The average molecular weight is 551 g/mol. The molecule has 0 aliphatic rings. The molecule has 3 N–H and O–H groups in total. The molecule has 0 spiro atoms. The summed E-state index contributed by atoms with van der Waals surface area (Å²) >= 11 is 0. The van der Waals surface area contributed by atoms with Crippen LogP contribution in [0.3, 0.4) is 0 Å². The van der Waals surface area contributed by atoms with Gasteiger partial charge in [-0.05, 0) is 25.1 Å². The number of Topliss-reactive ketones (excluding diaryl/α,β-unsaturated/α-hetero) is 2. The Labute approximate surface area is 228 Å². The van der Waals surface area contributed by atoms with Gasteiger partial charge in [-0.15, -0.1) is 0 Å². The molecule has 4 rings (SSSR count). The second-order valence-corrected chi connectivity index (χ2v) is 8.57. The van der Waals surface area contributed by atoms with Crippen molar-refractivity contribution in [3.63, 3.8) is 0 Å². The zero-order chi connectivity index (χ0) is 29.4. The molecule has 4 aromatic rings. The minimum atomic E-state index is -0.604. The van der Waals surface area contributed by atoms with Gasteiger partial charge in [0.2, 0.25) is 0 Å². The Kier molecular flexibility index (Phi) is 9.74. The van der Waals surface area contributed by atoms with Crippen molar-refractivity contribution in [2.45, 2.75) is 33.9 Å². The smallest absolute Gasteiger partial charge is 0.358 e. The standard InChI is InChI=1S/C15H15FN2O3.C13H13FN4O/c1-3-21-15(20)13-8-14(10(2)19)18(17-13)9-11-6-4-5-7-12(11)16;1-8(19)12-6-11(13(15)16)17-18(12)7-9-4-2-3-5-10(9)14/h4-8H,3,9H2,1-2H3;2-6H,7H2,1H3,(H3,15,16). The number of carbonyl (C=O) groups is 3. The van der Waals surface area contributed by atoms with Crippen molar-refractivity contribution in [1.82, 2.24) is 19.6 Å². The van der Waals surface area contributed by atoms with Gasteiger partial charge < -0.3 is 10.5 Å². The number of carbonyl (C=O) groups excluding carboxylic acids is 3. The van der Waals surface area contributed by atoms with Gasteiger partial charge in [0.25, 0.3) is 0 Å². The number of hydrogen-bond donors (Lipinski definition) is 2. The highest BCUT2D eigenvalue weighted by molar-refractivity contribution is 5.98. The van der Waals surface area contributed by atoms with E-state index in [0.29, 0.717) is 16.8 Å². The quantitative estimate of drug-likeness (QED) is 0.139. The number of ketones is 2. The normalized spacial score (nSPS) is 10.4. The molecule has 0 saturated carbocycles. The minimum absolute atomic E-state index is 0.0402. The van der Waals surface area contributed by atoms with Gasteiger partial charge in [0, 0.05) is 31.0 Å². The average Bonchev–Trinajstić information content (AvgIpc) is 3.53. The summed E-state index contributed by atoms with van der Waals surface area (Å²) in [6.07, 6.45) is 0. The molecule has 0 aliphatic carbocycles. The Hall–Kier alpha value is -5.00. The van der Waals surface area contributed by atoms with Crippen LogP contribution in [0.15, 0.2) is 60.7 Å². The molecule has 2 heterocycles. The number of esters is 1. The molecular weight excluding hydrogens is 522 g/mol. The summed E-state index contributed by atoms with van der Waals surface area (Å²) in [6, 6.07) is 15.3. The lowest BCUT2D eigenvalue weighted by Crippen LogP contribution is -2.14.